The third-order valence-corrected chi connectivity index (χ3v) is 3.13. The van der Waals surface area contributed by atoms with Crippen molar-refractivity contribution in [3.63, 3.8) is 0 Å². The van der Waals surface area contributed by atoms with Gasteiger partial charge < -0.3 is 5.11 Å². The maximum atomic E-state index is 10.6. The minimum absolute atomic E-state index is 0.168. The summed E-state index contributed by atoms with van der Waals surface area (Å²) in [4.78, 5) is 10.6. The molecule has 0 radical (unpaired) electrons. The molecule has 0 aromatic heterocycles. The van der Waals surface area contributed by atoms with Crippen LogP contribution in [-0.4, -0.2) is 11.1 Å². The lowest BCUT2D eigenvalue weighted by Crippen LogP contribution is -1.99. The Kier molecular flexibility index (Phi) is 2.12. The first kappa shape index (κ1) is 8.75. The van der Waals surface area contributed by atoms with Gasteiger partial charge in [-0.3, -0.25) is 4.79 Å². The molecule has 0 bridgehead atoms. The summed E-state index contributed by atoms with van der Waals surface area (Å²) < 4.78 is 1.02. The zero-order valence-electron chi connectivity index (χ0n) is 6.90. The highest BCUT2D eigenvalue weighted by Crippen LogP contribution is 2.49. The molecule has 68 valence electrons. The van der Waals surface area contributed by atoms with Gasteiger partial charge in [0.1, 0.15) is 0 Å². The van der Waals surface area contributed by atoms with Crippen LogP contribution in [0.5, 0.6) is 0 Å². The van der Waals surface area contributed by atoms with Gasteiger partial charge in [0.2, 0.25) is 0 Å². The molecule has 0 unspecified atom stereocenters. The van der Waals surface area contributed by atoms with Crippen molar-refractivity contribution in [2.24, 2.45) is 5.92 Å². The second-order valence-corrected chi connectivity index (χ2v) is 4.16. The van der Waals surface area contributed by atoms with E-state index in [1.165, 1.54) is 0 Å². The van der Waals surface area contributed by atoms with Crippen LogP contribution in [0.25, 0.3) is 0 Å². The third kappa shape index (κ3) is 1.61. The minimum atomic E-state index is -0.680. The van der Waals surface area contributed by atoms with Crippen molar-refractivity contribution in [2.45, 2.75) is 12.3 Å². The van der Waals surface area contributed by atoms with Gasteiger partial charge in [-0.1, -0.05) is 34.1 Å². The van der Waals surface area contributed by atoms with Crippen molar-refractivity contribution in [3.05, 3.63) is 34.3 Å². The van der Waals surface area contributed by atoms with Gasteiger partial charge in [-0.2, -0.15) is 0 Å². The monoisotopic (exact) mass is 240 g/mol. The Hall–Kier alpha value is -0.830. The zero-order chi connectivity index (χ0) is 9.42. The number of carboxylic acids is 1. The van der Waals surface area contributed by atoms with Crippen molar-refractivity contribution in [1.29, 1.82) is 0 Å². The molecule has 1 aromatic rings. The van der Waals surface area contributed by atoms with E-state index in [1.807, 2.05) is 24.3 Å². The van der Waals surface area contributed by atoms with Gasteiger partial charge in [-0.15, -0.1) is 0 Å². The number of halogens is 1. The van der Waals surface area contributed by atoms with Crippen LogP contribution in [0.2, 0.25) is 0 Å². The van der Waals surface area contributed by atoms with Crippen LogP contribution in [-0.2, 0) is 4.79 Å². The average Bonchev–Trinajstić information content (AvgIpc) is 2.84. The Bertz CT molecular complexity index is 349. The number of aliphatic carboxylic acids is 1. The van der Waals surface area contributed by atoms with E-state index < -0.39 is 5.97 Å². The lowest BCUT2D eigenvalue weighted by molar-refractivity contribution is -0.138. The first-order valence-corrected chi connectivity index (χ1v) is 4.96. The van der Waals surface area contributed by atoms with Crippen LogP contribution in [0.15, 0.2) is 28.7 Å². The number of benzene rings is 1. The molecule has 1 aliphatic rings. The SMILES string of the molecule is O=C(O)[C@@H]1C[C@H]1c1ccccc1Br. The predicted molar refractivity (Wildman–Crippen MR) is 52.6 cm³/mol. The quantitative estimate of drug-likeness (QED) is 0.864. The second-order valence-electron chi connectivity index (χ2n) is 3.31. The van der Waals surface area contributed by atoms with E-state index in [9.17, 15) is 4.79 Å². The summed E-state index contributed by atoms with van der Waals surface area (Å²) in [6.07, 6.45) is 0.776. The smallest absolute Gasteiger partial charge is 0.307 e. The van der Waals surface area contributed by atoms with E-state index in [2.05, 4.69) is 15.9 Å². The number of rotatable bonds is 2. The Morgan fingerprint density at radius 2 is 2.15 bits per heavy atom. The van der Waals surface area contributed by atoms with Crippen LogP contribution in [0.3, 0.4) is 0 Å². The fourth-order valence-corrected chi connectivity index (χ4v) is 2.17. The minimum Gasteiger partial charge on any atom is -0.481 e. The van der Waals surface area contributed by atoms with Gasteiger partial charge in [-0.25, -0.2) is 0 Å². The Morgan fingerprint density at radius 3 is 2.69 bits per heavy atom. The van der Waals surface area contributed by atoms with Gasteiger partial charge in [0, 0.05) is 4.47 Å². The van der Waals surface area contributed by atoms with Crippen LogP contribution < -0.4 is 0 Å². The molecule has 1 fully saturated rings. The van der Waals surface area contributed by atoms with Crippen LogP contribution >= 0.6 is 15.9 Å². The lowest BCUT2D eigenvalue weighted by atomic mass is 10.1. The van der Waals surface area contributed by atoms with Crippen molar-refractivity contribution in [2.75, 3.05) is 0 Å². The lowest BCUT2D eigenvalue weighted by Gasteiger charge is -2.00. The molecule has 0 heterocycles. The van der Waals surface area contributed by atoms with Gasteiger partial charge in [0.15, 0.2) is 0 Å². The number of carbonyl (C=O) groups is 1. The largest absolute Gasteiger partial charge is 0.481 e. The second kappa shape index (κ2) is 3.14. The van der Waals surface area contributed by atoms with E-state index >= 15 is 0 Å². The molecule has 1 N–H and O–H groups in total. The number of carboxylic acid groups (broad SMARTS) is 1. The summed E-state index contributed by atoms with van der Waals surface area (Å²) >= 11 is 3.42. The van der Waals surface area contributed by atoms with Gasteiger partial charge in [-0.05, 0) is 24.0 Å². The highest BCUT2D eigenvalue weighted by molar-refractivity contribution is 9.10. The van der Waals surface area contributed by atoms with Gasteiger partial charge in [0.05, 0.1) is 5.92 Å². The zero-order valence-corrected chi connectivity index (χ0v) is 8.49. The molecule has 0 saturated heterocycles. The highest BCUT2D eigenvalue weighted by atomic mass is 79.9. The topological polar surface area (TPSA) is 37.3 Å². The van der Waals surface area contributed by atoms with E-state index in [0.717, 1.165) is 16.5 Å². The number of hydrogen-bond acceptors (Lipinski definition) is 1. The normalized spacial score (nSPS) is 25.6. The van der Waals surface area contributed by atoms with Crippen LogP contribution in [0.1, 0.15) is 17.9 Å². The molecule has 2 rings (SSSR count). The first-order chi connectivity index (χ1) is 6.20. The summed E-state index contributed by atoms with van der Waals surface area (Å²) in [5.74, 6) is -0.632. The molecule has 13 heavy (non-hydrogen) atoms. The maximum absolute atomic E-state index is 10.6. The molecule has 0 aliphatic heterocycles. The van der Waals surface area contributed by atoms with Crippen molar-refractivity contribution < 1.29 is 9.90 Å². The summed E-state index contributed by atoms with van der Waals surface area (Å²) in [7, 11) is 0. The number of hydrogen-bond donors (Lipinski definition) is 1. The Balaban J connectivity index is 2.21. The standard InChI is InChI=1S/C10H9BrO2/c11-9-4-2-1-3-6(9)7-5-8(7)10(12)13/h1-4,7-8H,5H2,(H,12,13)/t7-,8+/m0/s1. The van der Waals surface area contributed by atoms with Crippen molar-refractivity contribution in [3.8, 4) is 0 Å². The Labute approximate surface area is 84.7 Å². The summed E-state index contributed by atoms with van der Waals surface area (Å²) in [5, 5.41) is 8.76. The molecule has 0 amide bonds. The molecule has 3 heteroatoms. The molecule has 2 atom stereocenters. The van der Waals surface area contributed by atoms with Crippen molar-refractivity contribution in [1.82, 2.24) is 0 Å². The molecule has 1 aliphatic carbocycles. The molecule has 1 saturated carbocycles. The molecule has 1 aromatic carbocycles. The summed E-state index contributed by atoms with van der Waals surface area (Å²) in [5.41, 5.74) is 1.12. The predicted octanol–water partition coefficient (Wildman–Crippen LogP) is 2.64. The fourth-order valence-electron chi connectivity index (χ4n) is 1.59. The van der Waals surface area contributed by atoms with E-state index in [1.54, 1.807) is 0 Å². The first-order valence-electron chi connectivity index (χ1n) is 4.17. The van der Waals surface area contributed by atoms with E-state index in [4.69, 9.17) is 5.11 Å². The summed E-state index contributed by atoms with van der Waals surface area (Å²) in [6.45, 7) is 0. The van der Waals surface area contributed by atoms with Gasteiger partial charge >= 0.3 is 5.97 Å². The highest BCUT2D eigenvalue weighted by Gasteiger charge is 2.44. The Morgan fingerprint density at radius 1 is 1.46 bits per heavy atom. The molecular weight excluding hydrogens is 232 g/mol. The van der Waals surface area contributed by atoms with E-state index in [0.29, 0.717) is 0 Å². The van der Waals surface area contributed by atoms with Gasteiger partial charge in [0.25, 0.3) is 0 Å². The van der Waals surface area contributed by atoms with Crippen LogP contribution in [0.4, 0.5) is 0 Å². The van der Waals surface area contributed by atoms with E-state index in [-0.39, 0.29) is 11.8 Å². The van der Waals surface area contributed by atoms with Crippen molar-refractivity contribution >= 4 is 21.9 Å². The third-order valence-electron chi connectivity index (χ3n) is 2.41. The molecular formula is C10H9BrO2. The maximum Gasteiger partial charge on any atom is 0.307 e. The fraction of sp³-hybridized carbons (Fsp3) is 0.300. The average molecular weight is 241 g/mol. The summed E-state index contributed by atoms with van der Waals surface area (Å²) in [6, 6.07) is 7.81. The van der Waals surface area contributed by atoms with Crippen LogP contribution in [0, 0.1) is 5.92 Å². The molecule has 0 spiro atoms. The molecule has 2 nitrogen and oxygen atoms in total.